The van der Waals surface area contributed by atoms with E-state index in [1.165, 1.54) is 6.07 Å². The second-order valence-electron chi connectivity index (χ2n) is 3.01. The molecule has 0 saturated carbocycles. The third-order valence-electron chi connectivity index (χ3n) is 2.07. The minimum Gasteiger partial charge on any atom is -0.399 e. The number of nitriles is 1. The van der Waals surface area contributed by atoms with E-state index in [1.807, 2.05) is 0 Å². The Morgan fingerprint density at radius 2 is 2.13 bits per heavy atom. The van der Waals surface area contributed by atoms with Gasteiger partial charge in [-0.05, 0) is 18.2 Å². The lowest BCUT2D eigenvalue weighted by atomic mass is 10.1. The fourth-order valence-corrected chi connectivity index (χ4v) is 2.42. The molecule has 2 N–H and O–H groups in total. The maximum Gasteiger partial charge on any atom is 0.266 e. The Morgan fingerprint density at radius 3 is 2.73 bits per heavy atom. The van der Waals surface area contributed by atoms with E-state index in [0.717, 1.165) is 11.3 Å². The fourth-order valence-electron chi connectivity index (χ4n) is 1.43. The Bertz CT molecular complexity index is 554. The predicted octanol–water partition coefficient (Wildman–Crippen LogP) is 3.29. The van der Waals surface area contributed by atoms with E-state index in [4.69, 9.17) is 11.0 Å². The van der Waals surface area contributed by atoms with Crippen molar-refractivity contribution < 1.29 is 8.78 Å². The highest BCUT2D eigenvalue weighted by Crippen LogP contribution is 2.37. The lowest BCUT2D eigenvalue weighted by molar-refractivity contribution is 0.153. The standard InChI is InChI=1S/C10H6F2N2S/c11-10(12)9-6-3-5(14)1-2-7(6)15-8(9)4-13/h1-3,10H,14H2. The van der Waals surface area contributed by atoms with Crippen LogP contribution in [0.4, 0.5) is 14.5 Å². The van der Waals surface area contributed by atoms with E-state index in [2.05, 4.69) is 0 Å². The number of alkyl halides is 2. The summed E-state index contributed by atoms with van der Waals surface area (Å²) in [4.78, 5) is 0.0607. The number of hydrogen-bond donors (Lipinski definition) is 1. The van der Waals surface area contributed by atoms with Crippen molar-refractivity contribution in [3.8, 4) is 6.07 Å². The molecular weight excluding hydrogens is 218 g/mol. The molecule has 1 aromatic carbocycles. The number of anilines is 1. The van der Waals surface area contributed by atoms with Crippen LogP contribution in [-0.4, -0.2) is 0 Å². The first-order valence-electron chi connectivity index (χ1n) is 4.13. The monoisotopic (exact) mass is 224 g/mol. The molecule has 0 amide bonds. The summed E-state index contributed by atoms with van der Waals surface area (Å²) in [5.41, 5.74) is 5.74. The molecule has 1 heterocycles. The first-order valence-corrected chi connectivity index (χ1v) is 4.95. The summed E-state index contributed by atoms with van der Waals surface area (Å²) >= 11 is 1.06. The van der Waals surface area contributed by atoms with Gasteiger partial charge in [0.25, 0.3) is 6.43 Å². The molecule has 0 aliphatic carbocycles. The van der Waals surface area contributed by atoms with Crippen molar-refractivity contribution in [1.82, 2.24) is 0 Å². The first-order chi connectivity index (χ1) is 7.13. The number of halogens is 2. The van der Waals surface area contributed by atoms with Crippen molar-refractivity contribution in [2.45, 2.75) is 6.43 Å². The van der Waals surface area contributed by atoms with Crippen LogP contribution >= 0.6 is 11.3 Å². The van der Waals surface area contributed by atoms with Crippen LogP contribution in [0.1, 0.15) is 16.9 Å². The molecule has 0 aliphatic rings. The van der Waals surface area contributed by atoms with Gasteiger partial charge in [-0.25, -0.2) is 8.78 Å². The van der Waals surface area contributed by atoms with E-state index >= 15 is 0 Å². The molecule has 0 saturated heterocycles. The Kier molecular flexibility index (Phi) is 2.29. The average Bonchev–Trinajstić information content (AvgIpc) is 2.55. The zero-order chi connectivity index (χ0) is 11.0. The molecule has 15 heavy (non-hydrogen) atoms. The molecule has 76 valence electrons. The Labute approximate surface area is 88.5 Å². The molecule has 0 unspecified atom stereocenters. The normalized spacial score (nSPS) is 10.8. The highest BCUT2D eigenvalue weighted by molar-refractivity contribution is 7.19. The minimum atomic E-state index is -2.64. The Balaban J connectivity index is 2.84. The first kappa shape index (κ1) is 9.87. The van der Waals surface area contributed by atoms with Gasteiger partial charge in [0.05, 0.1) is 5.56 Å². The van der Waals surface area contributed by atoms with Gasteiger partial charge in [0.15, 0.2) is 0 Å². The Hall–Kier alpha value is -1.67. The van der Waals surface area contributed by atoms with Gasteiger partial charge in [-0.1, -0.05) is 0 Å². The van der Waals surface area contributed by atoms with E-state index in [9.17, 15) is 8.78 Å². The summed E-state index contributed by atoms with van der Waals surface area (Å²) < 4.78 is 26.1. The lowest BCUT2D eigenvalue weighted by Crippen LogP contribution is -1.87. The van der Waals surface area contributed by atoms with Crippen molar-refractivity contribution >= 4 is 27.1 Å². The van der Waals surface area contributed by atoms with Crippen molar-refractivity contribution in [2.24, 2.45) is 0 Å². The van der Waals surface area contributed by atoms with Gasteiger partial charge in [-0.2, -0.15) is 5.26 Å². The van der Waals surface area contributed by atoms with Crippen LogP contribution in [0.5, 0.6) is 0 Å². The van der Waals surface area contributed by atoms with Crippen LogP contribution in [-0.2, 0) is 0 Å². The molecule has 2 nitrogen and oxygen atoms in total. The van der Waals surface area contributed by atoms with E-state index in [0.29, 0.717) is 15.8 Å². The maximum absolute atomic E-state index is 12.7. The molecule has 2 aromatic rings. The van der Waals surface area contributed by atoms with Gasteiger partial charge in [-0.3, -0.25) is 0 Å². The van der Waals surface area contributed by atoms with Gasteiger partial charge in [0.1, 0.15) is 10.9 Å². The number of rotatable bonds is 1. The molecule has 1 aromatic heterocycles. The summed E-state index contributed by atoms with van der Waals surface area (Å²) in [5.74, 6) is 0. The highest BCUT2D eigenvalue weighted by Gasteiger charge is 2.19. The van der Waals surface area contributed by atoms with Gasteiger partial charge >= 0.3 is 0 Å². The molecule has 2 rings (SSSR count). The summed E-state index contributed by atoms with van der Waals surface area (Å²) in [7, 11) is 0. The van der Waals surface area contributed by atoms with Crippen LogP contribution in [0.2, 0.25) is 0 Å². The van der Waals surface area contributed by atoms with Crippen LogP contribution in [0.3, 0.4) is 0 Å². The Morgan fingerprint density at radius 1 is 1.40 bits per heavy atom. The molecule has 0 aliphatic heterocycles. The maximum atomic E-state index is 12.7. The molecule has 0 atom stereocenters. The van der Waals surface area contributed by atoms with Crippen molar-refractivity contribution in [1.29, 1.82) is 5.26 Å². The van der Waals surface area contributed by atoms with E-state index in [-0.39, 0.29) is 10.4 Å². The van der Waals surface area contributed by atoms with Crippen LogP contribution in [0.15, 0.2) is 18.2 Å². The smallest absolute Gasteiger partial charge is 0.266 e. The van der Waals surface area contributed by atoms with Crippen molar-refractivity contribution in [3.05, 3.63) is 28.6 Å². The van der Waals surface area contributed by atoms with Gasteiger partial charge in [0.2, 0.25) is 0 Å². The number of nitrogen functional groups attached to an aromatic ring is 1. The van der Waals surface area contributed by atoms with E-state index in [1.54, 1.807) is 18.2 Å². The summed E-state index contributed by atoms with van der Waals surface area (Å²) in [6.07, 6.45) is -2.64. The SMILES string of the molecule is N#Cc1sc2ccc(N)cc2c1C(F)F. The zero-order valence-electron chi connectivity index (χ0n) is 7.50. The summed E-state index contributed by atoms with van der Waals surface area (Å²) in [6, 6.07) is 6.55. The molecule has 0 radical (unpaired) electrons. The fraction of sp³-hybridized carbons (Fsp3) is 0.100. The van der Waals surface area contributed by atoms with Crippen LogP contribution < -0.4 is 5.73 Å². The largest absolute Gasteiger partial charge is 0.399 e. The summed E-state index contributed by atoms with van der Waals surface area (Å²) in [6.45, 7) is 0. The average molecular weight is 224 g/mol. The van der Waals surface area contributed by atoms with Gasteiger partial charge in [0, 0.05) is 15.8 Å². The van der Waals surface area contributed by atoms with Gasteiger partial charge < -0.3 is 5.73 Å². The van der Waals surface area contributed by atoms with Crippen molar-refractivity contribution in [2.75, 3.05) is 5.73 Å². The molecule has 0 fully saturated rings. The number of hydrogen-bond acceptors (Lipinski definition) is 3. The minimum absolute atomic E-state index is 0.0607. The topological polar surface area (TPSA) is 49.8 Å². The van der Waals surface area contributed by atoms with Gasteiger partial charge in [-0.15, -0.1) is 11.3 Å². The number of nitrogens with zero attached hydrogens (tertiary/aromatic N) is 1. The third kappa shape index (κ3) is 1.53. The van der Waals surface area contributed by atoms with Crippen LogP contribution in [0.25, 0.3) is 10.1 Å². The number of benzene rings is 1. The highest BCUT2D eigenvalue weighted by atomic mass is 32.1. The number of thiophene rings is 1. The molecular formula is C10H6F2N2S. The summed E-state index contributed by atoms with van der Waals surface area (Å²) in [5, 5.41) is 9.11. The molecule has 5 heteroatoms. The number of fused-ring (bicyclic) bond motifs is 1. The quantitative estimate of drug-likeness (QED) is 0.755. The molecule has 0 bridgehead atoms. The number of nitrogens with two attached hydrogens (primary N) is 1. The van der Waals surface area contributed by atoms with E-state index < -0.39 is 6.43 Å². The third-order valence-corrected chi connectivity index (χ3v) is 3.16. The van der Waals surface area contributed by atoms with Crippen LogP contribution in [0, 0.1) is 11.3 Å². The zero-order valence-corrected chi connectivity index (χ0v) is 8.31. The lowest BCUT2D eigenvalue weighted by Gasteiger charge is -1.98. The predicted molar refractivity (Wildman–Crippen MR) is 55.9 cm³/mol. The molecule has 0 spiro atoms. The van der Waals surface area contributed by atoms with Crippen molar-refractivity contribution in [3.63, 3.8) is 0 Å². The second-order valence-corrected chi connectivity index (χ2v) is 4.07. The second kappa shape index (κ2) is 3.48.